The summed E-state index contributed by atoms with van der Waals surface area (Å²) >= 11 is 0. The predicted octanol–water partition coefficient (Wildman–Crippen LogP) is 4.89. The van der Waals surface area contributed by atoms with Crippen LogP contribution < -0.4 is 19.5 Å². The normalized spacial score (nSPS) is 31.8. The van der Waals surface area contributed by atoms with E-state index in [9.17, 15) is 32.3 Å². The lowest BCUT2D eigenvalue weighted by Gasteiger charge is -2.50. The second kappa shape index (κ2) is 16.5. The number of allylic oxidation sites excluding steroid dienone is 1. The first-order valence-electron chi connectivity index (χ1n) is 20.5. The van der Waals surface area contributed by atoms with Crippen molar-refractivity contribution in [1.29, 1.82) is 0 Å². The van der Waals surface area contributed by atoms with Crippen LogP contribution in [0.5, 0.6) is 11.6 Å². The molecule has 20 heteroatoms. The van der Waals surface area contributed by atoms with E-state index in [0.29, 0.717) is 29.4 Å². The van der Waals surface area contributed by atoms with Gasteiger partial charge >= 0.3 is 12.3 Å². The van der Waals surface area contributed by atoms with Crippen LogP contribution >= 0.6 is 0 Å². The van der Waals surface area contributed by atoms with Crippen molar-refractivity contribution in [2.24, 2.45) is 17.8 Å². The summed E-state index contributed by atoms with van der Waals surface area (Å²) in [4.78, 5) is 62.8. The number of carboxylic acid groups (broad SMARTS) is 1. The summed E-state index contributed by atoms with van der Waals surface area (Å²) in [6.07, 6.45) is -3.49. The van der Waals surface area contributed by atoms with E-state index >= 15 is 18.0 Å². The second-order valence-electron chi connectivity index (χ2n) is 17.3. The number of nitrogens with zero attached hydrogens (tertiary/aromatic N) is 3. The third kappa shape index (κ3) is 8.09. The Morgan fingerprint density at radius 2 is 1.85 bits per heavy atom. The number of sulfonamides is 1. The molecule has 3 aliphatic heterocycles. The number of aromatic nitrogens is 1. The van der Waals surface area contributed by atoms with Crippen LogP contribution in [0.2, 0.25) is 0 Å². The molecule has 61 heavy (non-hydrogen) atoms. The standard InChI is InChI=1S/C41H51F4N5O10S/c1-24-9-4-5-10-26-19-40(26,36(53)48-61(56,57)38(22-42)14-15-38)47-33(51)30-18-27(60-34-29-12-7-6-11-28(29)31(58-3)20-46-34)21-49(30)35(52)32(25(2)17-24)50(37(54)55)39(41(43,44)45)13-8-16-59-23-39/h5-7,10-12,20,24-27,30,32H,4,8-9,13-19,21-23H2,1-3H3,(H,47,51)(H,48,53)(H,54,55)/t24-,25+,26+,27+,30-,32-,39?,40+/m0/s1. The van der Waals surface area contributed by atoms with E-state index < -0.39 is 112 Å². The van der Waals surface area contributed by atoms with E-state index in [1.165, 1.54) is 20.2 Å². The van der Waals surface area contributed by atoms with Gasteiger partial charge in [0.05, 0.1) is 26.5 Å². The molecule has 1 unspecified atom stereocenters. The van der Waals surface area contributed by atoms with Crippen molar-refractivity contribution < 1.29 is 64.5 Å². The van der Waals surface area contributed by atoms with E-state index in [1.54, 1.807) is 36.4 Å². The summed E-state index contributed by atoms with van der Waals surface area (Å²) in [6, 6.07) is 3.46. The number of amides is 4. The molecule has 334 valence electrons. The Balaban J connectivity index is 1.31. The minimum absolute atomic E-state index is 0.000556. The monoisotopic (exact) mass is 881 g/mol. The third-order valence-electron chi connectivity index (χ3n) is 13.1. The Labute approximate surface area is 350 Å². The van der Waals surface area contributed by atoms with Crippen molar-refractivity contribution >= 4 is 44.6 Å². The molecule has 1 aromatic heterocycles. The molecule has 15 nitrogen and oxygen atoms in total. The Bertz CT molecular complexity index is 2180. The lowest BCUT2D eigenvalue weighted by Crippen LogP contribution is -2.71. The van der Waals surface area contributed by atoms with E-state index in [0.717, 1.165) is 4.90 Å². The fourth-order valence-electron chi connectivity index (χ4n) is 9.35. The summed E-state index contributed by atoms with van der Waals surface area (Å²) in [5, 5.41) is 14.6. The number of alkyl halides is 4. The Morgan fingerprint density at radius 3 is 2.48 bits per heavy atom. The van der Waals surface area contributed by atoms with Gasteiger partial charge in [-0.05, 0) is 69.3 Å². The maximum atomic E-state index is 15.4. The number of ether oxygens (including phenoxy) is 3. The van der Waals surface area contributed by atoms with Gasteiger partial charge in [-0.3, -0.25) is 24.0 Å². The number of benzene rings is 1. The number of methoxy groups -OCH3 is 1. The lowest BCUT2D eigenvalue weighted by atomic mass is 9.82. The van der Waals surface area contributed by atoms with Crippen molar-refractivity contribution in [3.05, 3.63) is 42.6 Å². The van der Waals surface area contributed by atoms with Gasteiger partial charge in [0, 0.05) is 29.7 Å². The number of carbonyl (C=O) groups is 4. The summed E-state index contributed by atoms with van der Waals surface area (Å²) in [5.74, 6) is -4.57. The van der Waals surface area contributed by atoms with Gasteiger partial charge in [0.25, 0.3) is 5.91 Å². The number of nitrogens with one attached hydrogen (secondary N) is 2. The number of rotatable bonds is 9. The number of carbonyl (C=O) groups excluding carboxylic acids is 3. The van der Waals surface area contributed by atoms with Gasteiger partial charge in [-0.1, -0.05) is 44.2 Å². The first kappa shape index (κ1) is 44.3. The highest BCUT2D eigenvalue weighted by molar-refractivity contribution is 7.91. The Kier molecular flexibility index (Phi) is 12.0. The first-order chi connectivity index (χ1) is 28.8. The summed E-state index contributed by atoms with van der Waals surface area (Å²) in [5.41, 5.74) is -4.95. The Hall–Kier alpha value is -4.72. The number of pyridine rings is 1. The minimum atomic E-state index is -5.17. The van der Waals surface area contributed by atoms with E-state index in [4.69, 9.17) is 14.2 Å². The topological polar surface area (TPSA) is 194 Å². The maximum absolute atomic E-state index is 15.4. The van der Waals surface area contributed by atoms with Crippen molar-refractivity contribution in [3.63, 3.8) is 0 Å². The van der Waals surface area contributed by atoms with E-state index in [-0.39, 0.29) is 61.8 Å². The molecule has 0 spiro atoms. The molecule has 0 radical (unpaired) electrons. The zero-order valence-electron chi connectivity index (χ0n) is 34.1. The molecule has 5 aliphatic rings. The van der Waals surface area contributed by atoms with Gasteiger partial charge < -0.3 is 29.5 Å². The average Bonchev–Trinajstić information content (AvgIpc) is 4.12. The van der Waals surface area contributed by atoms with Crippen LogP contribution in [0.1, 0.15) is 71.6 Å². The summed E-state index contributed by atoms with van der Waals surface area (Å²) < 4.78 is 104. The highest BCUT2D eigenvalue weighted by Crippen LogP contribution is 2.49. The van der Waals surface area contributed by atoms with E-state index in [1.807, 2.05) is 11.6 Å². The molecule has 8 atom stereocenters. The van der Waals surface area contributed by atoms with Crippen LogP contribution in [0.15, 0.2) is 42.6 Å². The maximum Gasteiger partial charge on any atom is 0.414 e. The van der Waals surface area contributed by atoms with Crippen LogP contribution in [-0.4, -0.2) is 126 Å². The molecule has 7 rings (SSSR count). The molecule has 2 aromatic rings. The van der Waals surface area contributed by atoms with Crippen molar-refractivity contribution in [2.75, 3.05) is 33.5 Å². The SMILES string of the molecule is COc1cnc(O[C@@H]2C[C@H]3C(=O)N[C@]4(C(=O)NS(=O)(=O)C5(CF)CC5)C[C@H]4C=CCC[C@H](C)C[C@@H](C)[C@H](N(C(=O)O)C4(C(F)(F)F)CCCOC4)C(=O)N3C2)c2ccccc12. The van der Waals surface area contributed by atoms with E-state index in [2.05, 4.69) is 10.3 Å². The lowest BCUT2D eigenvalue weighted by molar-refractivity contribution is -0.260. The van der Waals surface area contributed by atoms with Crippen LogP contribution in [0, 0.1) is 17.8 Å². The van der Waals surface area contributed by atoms with Gasteiger partial charge in [-0.2, -0.15) is 13.2 Å². The first-order valence-corrected chi connectivity index (χ1v) is 22.0. The van der Waals surface area contributed by atoms with Crippen molar-refractivity contribution in [1.82, 2.24) is 24.8 Å². The smallest absolute Gasteiger partial charge is 0.414 e. The molecular weight excluding hydrogens is 831 g/mol. The number of halogens is 4. The molecule has 4 heterocycles. The highest BCUT2D eigenvalue weighted by atomic mass is 32.2. The summed E-state index contributed by atoms with van der Waals surface area (Å²) in [7, 11) is -3.05. The molecule has 4 amide bonds. The van der Waals surface area contributed by atoms with Gasteiger partial charge in [-0.25, -0.2) is 22.6 Å². The van der Waals surface area contributed by atoms with Crippen LogP contribution in [-0.2, 0) is 29.1 Å². The van der Waals surface area contributed by atoms with Crippen LogP contribution in [0.4, 0.5) is 22.4 Å². The fraction of sp³-hybridized carbons (Fsp3) is 0.634. The summed E-state index contributed by atoms with van der Waals surface area (Å²) in [6.45, 7) is 0.633. The molecule has 3 N–H and O–H groups in total. The minimum Gasteiger partial charge on any atom is -0.494 e. The zero-order valence-corrected chi connectivity index (χ0v) is 34.9. The molecule has 4 fully saturated rings. The van der Waals surface area contributed by atoms with Crippen LogP contribution in [0.25, 0.3) is 10.8 Å². The molecule has 0 bridgehead atoms. The average molecular weight is 882 g/mol. The van der Waals surface area contributed by atoms with Gasteiger partial charge in [0.1, 0.15) is 40.9 Å². The number of hydrogen-bond acceptors (Lipinski definition) is 10. The molecule has 2 saturated heterocycles. The second-order valence-corrected chi connectivity index (χ2v) is 19.4. The van der Waals surface area contributed by atoms with Crippen LogP contribution in [0.3, 0.4) is 0 Å². The van der Waals surface area contributed by atoms with Gasteiger partial charge in [0.2, 0.25) is 27.7 Å². The van der Waals surface area contributed by atoms with Crippen molar-refractivity contribution in [3.8, 4) is 11.6 Å². The number of fused-ring (bicyclic) bond motifs is 3. The fourth-order valence-corrected chi connectivity index (χ4v) is 10.8. The largest absolute Gasteiger partial charge is 0.494 e. The quantitative estimate of drug-likeness (QED) is 0.230. The molecule has 2 aliphatic carbocycles. The van der Waals surface area contributed by atoms with Gasteiger partial charge in [0.15, 0.2) is 5.54 Å². The highest BCUT2D eigenvalue weighted by Gasteiger charge is 2.66. The Morgan fingerprint density at radius 1 is 1.13 bits per heavy atom. The van der Waals surface area contributed by atoms with Crippen molar-refractivity contribution in [2.45, 2.75) is 112 Å². The number of hydrogen-bond donors (Lipinski definition) is 3. The molecule has 2 saturated carbocycles. The van der Waals surface area contributed by atoms with Gasteiger partial charge in [-0.15, -0.1) is 0 Å². The predicted molar refractivity (Wildman–Crippen MR) is 211 cm³/mol. The molecular formula is C41H51F4N5O10S. The third-order valence-corrected chi connectivity index (χ3v) is 15.2. The zero-order chi connectivity index (χ0) is 44.1. The molecule has 1 aromatic carbocycles.